The molecule has 0 aromatic carbocycles. The average Bonchev–Trinajstić information content (AvgIpc) is 2.04. The zero-order valence-corrected chi connectivity index (χ0v) is 8.77. The fourth-order valence-electron chi connectivity index (χ4n) is 2.35. The molecule has 0 radical (unpaired) electrons. The second-order valence-electron chi connectivity index (χ2n) is 4.60. The zero-order valence-electron chi connectivity index (χ0n) is 8.77. The Morgan fingerprint density at radius 3 is 2.62 bits per heavy atom. The Hall–Kier alpha value is -0.690. The van der Waals surface area contributed by atoms with E-state index < -0.39 is 0 Å². The lowest BCUT2D eigenvalue weighted by Crippen LogP contribution is -2.30. The van der Waals surface area contributed by atoms with Gasteiger partial charge in [-0.1, -0.05) is 32.3 Å². The summed E-state index contributed by atoms with van der Waals surface area (Å²) in [6, 6.07) is 0.244. The summed E-state index contributed by atoms with van der Waals surface area (Å²) in [4.78, 5) is 2.95. The highest BCUT2D eigenvalue weighted by molar-refractivity contribution is 4.85. The minimum absolute atomic E-state index is 0.244. The van der Waals surface area contributed by atoms with E-state index in [-0.39, 0.29) is 6.04 Å². The molecule has 1 rings (SSSR count). The number of rotatable bonds is 2. The van der Waals surface area contributed by atoms with Crippen LogP contribution in [0.4, 0.5) is 0 Å². The molecule has 0 amide bonds. The van der Waals surface area contributed by atoms with Crippen molar-refractivity contribution in [3.63, 3.8) is 0 Å². The van der Waals surface area contributed by atoms with E-state index in [1.54, 1.807) is 0 Å². The van der Waals surface area contributed by atoms with E-state index in [4.69, 9.17) is 5.53 Å². The lowest BCUT2D eigenvalue weighted by Gasteiger charge is -2.34. The molecule has 0 aromatic heterocycles. The highest BCUT2D eigenvalue weighted by Gasteiger charge is 2.29. The van der Waals surface area contributed by atoms with Crippen LogP contribution in [0.2, 0.25) is 0 Å². The van der Waals surface area contributed by atoms with E-state index in [0.29, 0.717) is 11.8 Å². The van der Waals surface area contributed by atoms with Crippen LogP contribution in [0.25, 0.3) is 10.4 Å². The van der Waals surface area contributed by atoms with Crippen molar-refractivity contribution in [3.8, 4) is 0 Å². The SMILES string of the molecule is CC(C)[C@@H]1CC[C@H](C)C[C@H]1N=[N+]=[N-]. The third-order valence-corrected chi connectivity index (χ3v) is 3.19. The quantitative estimate of drug-likeness (QED) is 0.354. The van der Waals surface area contributed by atoms with Gasteiger partial charge >= 0.3 is 0 Å². The van der Waals surface area contributed by atoms with Crippen LogP contribution < -0.4 is 0 Å². The number of azide groups is 1. The monoisotopic (exact) mass is 181 g/mol. The Bertz CT molecular complexity index is 206. The first kappa shape index (κ1) is 10.4. The summed E-state index contributed by atoms with van der Waals surface area (Å²) < 4.78 is 0. The van der Waals surface area contributed by atoms with E-state index in [2.05, 4.69) is 30.8 Å². The maximum atomic E-state index is 8.46. The first-order chi connectivity index (χ1) is 6.15. The van der Waals surface area contributed by atoms with E-state index in [9.17, 15) is 0 Å². The molecule has 74 valence electrons. The Kier molecular flexibility index (Phi) is 3.61. The van der Waals surface area contributed by atoms with Gasteiger partial charge < -0.3 is 0 Å². The fourth-order valence-corrected chi connectivity index (χ4v) is 2.35. The Morgan fingerprint density at radius 2 is 2.08 bits per heavy atom. The van der Waals surface area contributed by atoms with Crippen LogP contribution in [-0.2, 0) is 0 Å². The van der Waals surface area contributed by atoms with Crippen molar-refractivity contribution in [2.24, 2.45) is 22.9 Å². The topological polar surface area (TPSA) is 48.8 Å². The van der Waals surface area contributed by atoms with Crippen molar-refractivity contribution in [3.05, 3.63) is 10.4 Å². The van der Waals surface area contributed by atoms with E-state index in [1.165, 1.54) is 12.8 Å². The Labute approximate surface area is 80.2 Å². The van der Waals surface area contributed by atoms with Crippen molar-refractivity contribution < 1.29 is 0 Å². The minimum atomic E-state index is 0.244. The molecule has 3 atom stereocenters. The first-order valence-electron chi connectivity index (χ1n) is 5.19. The van der Waals surface area contributed by atoms with Crippen LogP contribution in [0.5, 0.6) is 0 Å². The smallest absolute Gasteiger partial charge is 0.0407 e. The van der Waals surface area contributed by atoms with Crippen LogP contribution in [0, 0.1) is 17.8 Å². The largest absolute Gasteiger partial charge is 0.0903 e. The number of hydrogen-bond donors (Lipinski definition) is 0. The van der Waals surface area contributed by atoms with Crippen LogP contribution >= 0.6 is 0 Å². The molecule has 13 heavy (non-hydrogen) atoms. The molecular weight excluding hydrogens is 162 g/mol. The van der Waals surface area contributed by atoms with Gasteiger partial charge in [0, 0.05) is 11.0 Å². The molecule has 0 aromatic rings. The lowest BCUT2D eigenvalue weighted by molar-refractivity contribution is 0.199. The summed E-state index contributed by atoms with van der Waals surface area (Å²) in [6.45, 7) is 6.69. The van der Waals surface area contributed by atoms with Crippen LogP contribution in [0.1, 0.15) is 40.0 Å². The summed E-state index contributed by atoms with van der Waals surface area (Å²) in [6.07, 6.45) is 3.59. The highest BCUT2D eigenvalue weighted by atomic mass is 15.2. The van der Waals surface area contributed by atoms with Gasteiger partial charge in [-0.2, -0.15) is 0 Å². The first-order valence-corrected chi connectivity index (χ1v) is 5.19. The second-order valence-corrected chi connectivity index (χ2v) is 4.60. The van der Waals surface area contributed by atoms with Gasteiger partial charge in [0.1, 0.15) is 0 Å². The molecule has 1 fully saturated rings. The lowest BCUT2D eigenvalue weighted by atomic mass is 9.74. The molecule has 0 aliphatic heterocycles. The van der Waals surface area contributed by atoms with Crippen molar-refractivity contribution in [1.82, 2.24) is 0 Å². The molecule has 0 N–H and O–H groups in total. The average molecular weight is 181 g/mol. The van der Waals surface area contributed by atoms with E-state index in [0.717, 1.165) is 12.3 Å². The van der Waals surface area contributed by atoms with Gasteiger partial charge in [-0.25, -0.2) is 0 Å². The molecule has 0 unspecified atom stereocenters. The molecule has 1 aliphatic carbocycles. The van der Waals surface area contributed by atoms with Gasteiger partial charge in [-0.3, -0.25) is 0 Å². The molecule has 1 aliphatic rings. The van der Waals surface area contributed by atoms with Gasteiger partial charge in [0.15, 0.2) is 0 Å². The molecule has 0 bridgehead atoms. The fraction of sp³-hybridized carbons (Fsp3) is 1.00. The minimum Gasteiger partial charge on any atom is -0.0903 e. The number of hydrogen-bond acceptors (Lipinski definition) is 1. The summed E-state index contributed by atoms with van der Waals surface area (Å²) in [7, 11) is 0. The normalized spacial score (nSPS) is 34.3. The molecule has 3 nitrogen and oxygen atoms in total. The number of nitrogens with zero attached hydrogens (tertiary/aromatic N) is 3. The van der Waals surface area contributed by atoms with Crippen molar-refractivity contribution in [2.45, 2.75) is 46.1 Å². The maximum absolute atomic E-state index is 8.46. The van der Waals surface area contributed by atoms with Gasteiger partial charge in [0.2, 0.25) is 0 Å². The highest BCUT2D eigenvalue weighted by Crippen LogP contribution is 2.35. The van der Waals surface area contributed by atoms with E-state index >= 15 is 0 Å². The summed E-state index contributed by atoms with van der Waals surface area (Å²) in [5.74, 6) is 1.97. The summed E-state index contributed by atoms with van der Waals surface area (Å²) >= 11 is 0. The van der Waals surface area contributed by atoms with Crippen molar-refractivity contribution in [2.75, 3.05) is 0 Å². The molecule has 0 spiro atoms. The Morgan fingerprint density at radius 1 is 1.38 bits per heavy atom. The maximum Gasteiger partial charge on any atom is 0.0407 e. The third kappa shape index (κ3) is 2.63. The molecule has 1 saturated carbocycles. The molecule has 0 heterocycles. The Balaban J connectivity index is 2.65. The third-order valence-electron chi connectivity index (χ3n) is 3.19. The zero-order chi connectivity index (χ0) is 9.84. The molecule has 3 heteroatoms. The second kappa shape index (κ2) is 4.52. The van der Waals surface area contributed by atoms with Crippen LogP contribution in [0.3, 0.4) is 0 Å². The predicted octanol–water partition coefficient (Wildman–Crippen LogP) is 3.76. The summed E-state index contributed by atoms with van der Waals surface area (Å²) in [5, 5.41) is 3.92. The standard InChI is InChI=1S/C10H19N3/c1-7(2)9-5-4-8(3)6-10(9)12-13-11/h7-10H,4-6H2,1-3H3/t8-,9-,10+/m0/s1. The van der Waals surface area contributed by atoms with E-state index in [1.807, 2.05) is 0 Å². The summed E-state index contributed by atoms with van der Waals surface area (Å²) in [5.41, 5.74) is 8.46. The van der Waals surface area contributed by atoms with Gasteiger partial charge in [0.05, 0.1) is 0 Å². The van der Waals surface area contributed by atoms with Gasteiger partial charge in [-0.05, 0) is 36.1 Å². The molecular formula is C10H19N3. The van der Waals surface area contributed by atoms with Crippen LogP contribution in [-0.4, -0.2) is 6.04 Å². The van der Waals surface area contributed by atoms with Crippen LogP contribution in [0.15, 0.2) is 5.11 Å². The molecule has 0 saturated heterocycles. The van der Waals surface area contributed by atoms with Crippen molar-refractivity contribution in [1.29, 1.82) is 0 Å². The van der Waals surface area contributed by atoms with Gasteiger partial charge in [0.25, 0.3) is 0 Å². The van der Waals surface area contributed by atoms with Gasteiger partial charge in [-0.15, -0.1) is 0 Å². The predicted molar refractivity (Wildman–Crippen MR) is 54.3 cm³/mol. The van der Waals surface area contributed by atoms with Crippen molar-refractivity contribution >= 4 is 0 Å².